The molecule has 140 valence electrons. The van der Waals surface area contributed by atoms with Crippen LogP contribution in [0.15, 0.2) is 24.3 Å². The van der Waals surface area contributed by atoms with Crippen LogP contribution >= 0.6 is 0 Å². The average Bonchev–Trinajstić information content (AvgIpc) is 2.54. The van der Waals surface area contributed by atoms with Crippen molar-refractivity contribution >= 4 is 11.9 Å². The first-order chi connectivity index (χ1) is 11.6. The predicted molar refractivity (Wildman–Crippen MR) is 87.2 cm³/mol. The molecule has 1 atom stereocenters. The number of amides is 1. The molecule has 0 radical (unpaired) electrons. The Hall–Kier alpha value is -2.09. The van der Waals surface area contributed by atoms with Crippen molar-refractivity contribution in [1.82, 2.24) is 10.2 Å². The van der Waals surface area contributed by atoms with Gasteiger partial charge in [0.1, 0.15) is 0 Å². The quantitative estimate of drug-likeness (QED) is 0.868. The maximum absolute atomic E-state index is 12.2. The number of halogens is 3. The molecule has 2 N–H and O–H groups in total. The lowest BCUT2D eigenvalue weighted by molar-refractivity contribution is -0.192. The molecule has 2 rings (SSSR count). The monoisotopic (exact) mass is 360 g/mol. The number of rotatable bonds is 3. The number of hydrogen-bond donors (Lipinski definition) is 2. The molecule has 1 unspecified atom stereocenters. The average molecular weight is 360 g/mol. The van der Waals surface area contributed by atoms with Crippen molar-refractivity contribution in [2.45, 2.75) is 38.9 Å². The van der Waals surface area contributed by atoms with Crippen LogP contribution in [0.2, 0.25) is 0 Å². The highest BCUT2D eigenvalue weighted by atomic mass is 19.4. The minimum Gasteiger partial charge on any atom is -0.475 e. The molecule has 1 saturated heterocycles. The van der Waals surface area contributed by atoms with Gasteiger partial charge in [-0.3, -0.25) is 4.79 Å². The van der Waals surface area contributed by atoms with Crippen LogP contribution in [-0.4, -0.2) is 53.7 Å². The van der Waals surface area contributed by atoms with Crippen molar-refractivity contribution in [3.8, 4) is 0 Å². The molecule has 1 fully saturated rings. The molecule has 0 spiro atoms. The number of piperazine rings is 1. The van der Waals surface area contributed by atoms with E-state index in [0.29, 0.717) is 12.5 Å². The largest absolute Gasteiger partial charge is 0.490 e. The number of hydrogen-bond acceptors (Lipinski definition) is 3. The van der Waals surface area contributed by atoms with Crippen molar-refractivity contribution < 1.29 is 27.9 Å². The Labute approximate surface area is 144 Å². The second kappa shape index (κ2) is 9.41. The van der Waals surface area contributed by atoms with Gasteiger partial charge in [0.05, 0.1) is 0 Å². The molecule has 1 aliphatic heterocycles. The van der Waals surface area contributed by atoms with E-state index in [1.54, 1.807) is 0 Å². The highest BCUT2D eigenvalue weighted by molar-refractivity contribution is 5.77. The number of carbonyl (C=O) groups is 2. The van der Waals surface area contributed by atoms with E-state index in [0.717, 1.165) is 26.1 Å². The van der Waals surface area contributed by atoms with E-state index in [9.17, 15) is 18.0 Å². The molecule has 1 heterocycles. The minimum atomic E-state index is -5.08. The maximum atomic E-state index is 12.2. The fraction of sp³-hybridized carbons (Fsp3) is 0.529. The molecule has 0 aliphatic carbocycles. The van der Waals surface area contributed by atoms with Crippen LogP contribution < -0.4 is 5.32 Å². The normalized spacial score (nSPS) is 17.5. The summed E-state index contributed by atoms with van der Waals surface area (Å²) in [5.74, 6) is -2.47. The molecule has 1 aromatic carbocycles. The highest BCUT2D eigenvalue weighted by Crippen LogP contribution is 2.13. The first-order valence-corrected chi connectivity index (χ1v) is 7.97. The summed E-state index contributed by atoms with van der Waals surface area (Å²) < 4.78 is 31.7. The molecule has 1 aromatic rings. The molecule has 0 saturated carbocycles. The fourth-order valence-electron chi connectivity index (χ4n) is 2.49. The van der Waals surface area contributed by atoms with E-state index in [2.05, 4.69) is 31.3 Å². The lowest BCUT2D eigenvalue weighted by atomic mass is 10.0. The molecule has 0 bridgehead atoms. The Balaban J connectivity index is 0.000000381. The van der Waals surface area contributed by atoms with Crippen LogP contribution in [0.4, 0.5) is 13.2 Å². The Morgan fingerprint density at radius 1 is 1.32 bits per heavy atom. The van der Waals surface area contributed by atoms with Gasteiger partial charge in [0.2, 0.25) is 5.91 Å². The van der Waals surface area contributed by atoms with Crippen molar-refractivity contribution in [2.75, 3.05) is 19.6 Å². The summed E-state index contributed by atoms with van der Waals surface area (Å²) in [6.45, 7) is 6.88. The third kappa shape index (κ3) is 7.13. The van der Waals surface area contributed by atoms with Crippen molar-refractivity contribution in [1.29, 1.82) is 0 Å². The minimum absolute atomic E-state index is 0.284. The number of alkyl halides is 3. The van der Waals surface area contributed by atoms with E-state index >= 15 is 0 Å². The summed E-state index contributed by atoms with van der Waals surface area (Å²) in [5.41, 5.74) is 2.56. The van der Waals surface area contributed by atoms with Crippen molar-refractivity contribution in [3.63, 3.8) is 0 Å². The molecule has 8 heteroatoms. The summed E-state index contributed by atoms with van der Waals surface area (Å²) in [7, 11) is 0. The highest BCUT2D eigenvalue weighted by Gasteiger charge is 2.38. The standard InChI is InChI=1S/C15H22N2O.C2HF3O2/c1-12-5-3-4-6-14(12)7-8-15(18)17-10-9-16-11-13(17)2;3-2(4,5)1(6)7/h3-6,13,16H,7-11H2,1-2H3;(H,6,7). The lowest BCUT2D eigenvalue weighted by Gasteiger charge is -2.34. The van der Waals surface area contributed by atoms with E-state index in [1.165, 1.54) is 11.1 Å². The van der Waals surface area contributed by atoms with Gasteiger partial charge in [0.25, 0.3) is 0 Å². The van der Waals surface area contributed by atoms with Gasteiger partial charge >= 0.3 is 12.1 Å². The van der Waals surface area contributed by atoms with Gasteiger partial charge in [0.15, 0.2) is 0 Å². The van der Waals surface area contributed by atoms with Crippen LogP contribution in [0.5, 0.6) is 0 Å². The predicted octanol–water partition coefficient (Wildman–Crippen LogP) is 2.38. The Morgan fingerprint density at radius 2 is 1.92 bits per heavy atom. The maximum Gasteiger partial charge on any atom is 0.490 e. The number of carbonyl (C=O) groups excluding carboxylic acids is 1. The van der Waals surface area contributed by atoms with Crippen LogP contribution in [0, 0.1) is 6.92 Å². The van der Waals surface area contributed by atoms with Gasteiger partial charge < -0.3 is 15.3 Å². The van der Waals surface area contributed by atoms with Gasteiger partial charge in [-0.1, -0.05) is 24.3 Å². The Kier molecular flexibility index (Phi) is 7.89. The van der Waals surface area contributed by atoms with Crippen molar-refractivity contribution in [3.05, 3.63) is 35.4 Å². The van der Waals surface area contributed by atoms with Gasteiger partial charge in [-0.2, -0.15) is 13.2 Å². The van der Waals surface area contributed by atoms with Gasteiger partial charge in [-0.15, -0.1) is 0 Å². The molecule has 1 aliphatic rings. The molecule has 0 aromatic heterocycles. The molecule has 5 nitrogen and oxygen atoms in total. The van der Waals surface area contributed by atoms with Gasteiger partial charge in [-0.05, 0) is 31.4 Å². The summed E-state index contributed by atoms with van der Waals surface area (Å²) in [4.78, 5) is 23.1. The van der Waals surface area contributed by atoms with Gasteiger partial charge in [0, 0.05) is 32.1 Å². The summed E-state index contributed by atoms with van der Waals surface area (Å²) in [6, 6.07) is 8.62. The zero-order valence-electron chi connectivity index (χ0n) is 14.3. The lowest BCUT2D eigenvalue weighted by Crippen LogP contribution is -2.52. The van der Waals surface area contributed by atoms with E-state index < -0.39 is 12.1 Å². The second-order valence-electron chi connectivity index (χ2n) is 5.87. The van der Waals surface area contributed by atoms with Gasteiger partial charge in [-0.25, -0.2) is 4.79 Å². The van der Waals surface area contributed by atoms with Crippen LogP contribution in [0.1, 0.15) is 24.5 Å². The number of benzene rings is 1. The first-order valence-electron chi connectivity index (χ1n) is 7.97. The van der Waals surface area contributed by atoms with Crippen LogP contribution in [0.25, 0.3) is 0 Å². The third-order valence-electron chi connectivity index (χ3n) is 3.93. The van der Waals surface area contributed by atoms with E-state index in [1.807, 2.05) is 17.0 Å². The number of carboxylic acids is 1. The van der Waals surface area contributed by atoms with Crippen LogP contribution in [-0.2, 0) is 16.0 Å². The van der Waals surface area contributed by atoms with Crippen molar-refractivity contribution in [2.24, 2.45) is 0 Å². The molecule has 1 amide bonds. The molecular formula is C17H23F3N2O3. The topological polar surface area (TPSA) is 69.6 Å². The zero-order valence-corrected chi connectivity index (χ0v) is 14.3. The number of aliphatic carboxylic acids is 1. The molecule has 25 heavy (non-hydrogen) atoms. The summed E-state index contributed by atoms with van der Waals surface area (Å²) in [6.07, 6.45) is -3.61. The molecular weight excluding hydrogens is 337 g/mol. The fourth-order valence-corrected chi connectivity index (χ4v) is 2.49. The number of nitrogens with zero attached hydrogens (tertiary/aromatic N) is 1. The van der Waals surface area contributed by atoms with E-state index in [4.69, 9.17) is 9.90 Å². The third-order valence-corrected chi connectivity index (χ3v) is 3.93. The van der Waals surface area contributed by atoms with Crippen LogP contribution in [0.3, 0.4) is 0 Å². The van der Waals surface area contributed by atoms with E-state index in [-0.39, 0.29) is 5.91 Å². The Bertz CT molecular complexity index is 591. The second-order valence-corrected chi connectivity index (χ2v) is 5.87. The summed E-state index contributed by atoms with van der Waals surface area (Å²) >= 11 is 0. The zero-order chi connectivity index (χ0) is 19.0. The smallest absolute Gasteiger partial charge is 0.475 e. The number of carboxylic acid groups (broad SMARTS) is 1. The SMILES string of the molecule is Cc1ccccc1CCC(=O)N1CCNCC1C.O=C(O)C(F)(F)F. The first kappa shape index (κ1) is 21.0. The Morgan fingerprint density at radius 3 is 2.44 bits per heavy atom. The summed E-state index contributed by atoms with van der Waals surface area (Å²) in [5, 5.41) is 10.4. The number of aryl methyl sites for hydroxylation is 2. The number of nitrogens with one attached hydrogen (secondary N) is 1.